The Hall–Kier alpha value is -1.77. The molecule has 0 aliphatic rings. The first kappa shape index (κ1) is 18.3. The van der Waals surface area contributed by atoms with E-state index in [0.29, 0.717) is 18.4 Å². The van der Waals surface area contributed by atoms with Gasteiger partial charge in [0.1, 0.15) is 0 Å². The molecule has 3 nitrogen and oxygen atoms in total. The summed E-state index contributed by atoms with van der Waals surface area (Å²) in [6, 6.07) is 8.06. The van der Waals surface area contributed by atoms with Gasteiger partial charge in [-0.1, -0.05) is 51.1 Å². The van der Waals surface area contributed by atoms with E-state index in [1.165, 1.54) is 0 Å². The van der Waals surface area contributed by atoms with Gasteiger partial charge in [0, 0.05) is 0 Å². The summed E-state index contributed by atoms with van der Waals surface area (Å²) in [5, 5.41) is 2.94. The lowest BCUT2D eigenvalue weighted by molar-refractivity contribution is 0.111. The van der Waals surface area contributed by atoms with Crippen molar-refractivity contribution >= 4 is 11.7 Å². The van der Waals surface area contributed by atoms with E-state index in [2.05, 4.69) is 38.7 Å². The minimum absolute atomic E-state index is 0.348. The van der Waals surface area contributed by atoms with Gasteiger partial charge in [0.2, 0.25) is 0 Å². The molecule has 0 aromatic heterocycles. The molecule has 22 heavy (non-hydrogen) atoms. The normalized spacial score (nSPS) is 12.9. The van der Waals surface area contributed by atoms with Crippen molar-refractivity contribution < 1.29 is 9.53 Å². The van der Waals surface area contributed by atoms with Crippen LogP contribution in [-0.2, 0) is 10.3 Å². The van der Waals surface area contributed by atoms with E-state index in [1.54, 1.807) is 0 Å². The van der Waals surface area contributed by atoms with Gasteiger partial charge in [-0.25, -0.2) is 4.79 Å². The third-order valence-corrected chi connectivity index (χ3v) is 4.11. The molecule has 0 saturated heterocycles. The van der Waals surface area contributed by atoms with Crippen LogP contribution >= 0.6 is 0 Å². The highest BCUT2D eigenvalue weighted by atomic mass is 16.5. The number of ether oxygens (including phenoxy) is 1. The van der Waals surface area contributed by atoms with Crippen LogP contribution < -0.4 is 5.32 Å². The Morgan fingerprint density at radius 2 is 1.95 bits per heavy atom. The van der Waals surface area contributed by atoms with E-state index in [9.17, 15) is 4.79 Å². The third-order valence-electron chi connectivity index (χ3n) is 4.11. The zero-order valence-electron chi connectivity index (χ0n) is 14.7. The van der Waals surface area contributed by atoms with Crippen LogP contribution in [0.3, 0.4) is 0 Å². The van der Waals surface area contributed by atoms with Crippen molar-refractivity contribution in [2.75, 3.05) is 6.61 Å². The van der Waals surface area contributed by atoms with E-state index in [1.807, 2.05) is 39.0 Å². The van der Waals surface area contributed by atoms with Crippen LogP contribution in [0.2, 0.25) is 0 Å². The number of benzene rings is 1. The summed E-state index contributed by atoms with van der Waals surface area (Å²) in [5.41, 5.74) is 2.62. The molecular weight excluding hydrogens is 274 g/mol. The number of allylic oxidation sites excluding steroid dienone is 1. The smallest absolute Gasteiger partial charge is 0.407 e. The maximum Gasteiger partial charge on any atom is 0.407 e. The number of hydrogen-bond donors (Lipinski definition) is 1. The average molecular weight is 303 g/mol. The van der Waals surface area contributed by atoms with Gasteiger partial charge in [-0.05, 0) is 49.8 Å². The van der Waals surface area contributed by atoms with Gasteiger partial charge in [-0.3, -0.25) is 0 Å². The minimum atomic E-state index is -0.496. The highest BCUT2D eigenvalue weighted by molar-refractivity contribution is 5.69. The summed E-state index contributed by atoms with van der Waals surface area (Å²) in [5.74, 6) is 0.841. The summed E-state index contributed by atoms with van der Waals surface area (Å²) in [6.07, 6.45) is -0.377. The predicted molar refractivity (Wildman–Crippen MR) is 92.7 cm³/mol. The Bertz CT molecular complexity index is 532. The van der Waals surface area contributed by atoms with Crippen molar-refractivity contribution in [2.45, 2.75) is 47.1 Å². The molecule has 0 radical (unpaired) electrons. The Balaban J connectivity index is 2.72. The molecule has 1 unspecified atom stereocenters. The Morgan fingerprint density at radius 1 is 1.32 bits per heavy atom. The lowest BCUT2D eigenvalue weighted by Crippen LogP contribution is -2.41. The predicted octanol–water partition coefficient (Wildman–Crippen LogP) is 4.97. The molecule has 0 aliphatic heterocycles. The lowest BCUT2D eigenvalue weighted by Gasteiger charge is -2.27. The van der Waals surface area contributed by atoms with Crippen LogP contribution in [0.15, 0.2) is 30.8 Å². The molecule has 3 heteroatoms. The molecule has 1 rings (SSSR count). The summed E-state index contributed by atoms with van der Waals surface area (Å²) < 4.78 is 5.33. The highest BCUT2D eigenvalue weighted by Crippen LogP contribution is 2.23. The molecule has 0 spiro atoms. The Labute approximate surface area is 134 Å². The molecule has 0 aliphatic carbocycles. The van der Waals surface area contributed by atoms with Crippen molar-refractivity contribution in [3.8, 4) is 0 Å². The number of alkyl carbamates (subject to hydrolysis) is 1. The van der Waals surface area contributed by atoms with Gasteiger partial charge in [0.15, 0.2) is 0 Å². The SMILES string of the molecule is C=C(C)c1cccc(C(C)(C)NC(=O)OCC(C)C(C)C)c1. The second kappa shape index (κ2) is 7.48. The molecule has 0 bridgehead atoms. The van der Waals surface area contributed by atoms with Crippen LogP contribution in [0.4, 0.5) is 4.79 Å². The monoisotopic (exact) mass is 303 g/mol. The van der Waals surface area contributed by atoms with Gasteiger partial charge >= 0.3 is 6.09 Å². The van der Waals surface area contributed by atoms with E-state index >= 15 is 0 Å². The molecule has 1 atom stereocenters. The molecule has 1 aromatic carbocycles. The van der Waals surface area contributed by atoms with Crippen molar-refractivity contribution in [3.63, 3.8) is 0 Å². The summed E-state index contributed by atoms with van der Waals surface area (Å²) in [6.45, 7) is 16.6. The highest BCUT2D eigenvalue weighted by Gasteiger charge is 2.24. The first-order valence-electron chi connectivity index (χ1n) is 7.85. The second-order valence-corrected chi connectivity index (χ2v) is 6.93. The van der Waals surface area contributed by atoms with Crippen molar-refractivity contribution in [1.82, 2.24) is 5.32 Å². The van der Waals surface area contributed by atoms with Crippen LogP contribution in [0.25, 0.3) is 5.57 Å². The molecule has 0 fully saturated rings. The largest absolute Gasteiger partial charge is 0.449 e. The molecule has 1 N–H and O–H groups in total. The first-order valence-corrected chi connectivity index (χ1v) is 7.85. The topological polar surface area (TPSA) is 38.3 Å². The van der Waals surface area contributed by atoms with Crippen LogP contribution in [0.1, 0.15) is 52.7 Å². The fourth-order valence-electron chi connectivity index (χ4n) is 1.94. The van der Waals surface area contributed by atoms with Gasteiger partial charge in [-0.15, -0.1) is 0 Å². The number of rotatable bonds is 6. The Kier molecular flexibility index (Phi) is 6.21. The zero-order chi connectivity index (χ0) is 16.9. The van der Waals surface area contributed by atoms with Crippen molar-refractivity contribution in [3.05, 3.63) is 42.0 Å². The molecule has 0 heterocycles. The molecule has 1 amide bonds. The Morgan fingerprint density at radius 3 is 2.50 bits per heavy atom. The first-order chi connectivity index (χ1) is 10.1. The average Bonchev–Trinajstić information content (AvgIpc) is 2.44. The number of carbonyl (C=O) groups excluding carboxylic acids is 1. The lowest BCUT2D eigenvalue weighted by atomic mass is 9.92. The maximum atomic E-state index is 12.0. The second-order valence-electron chi connectivity index (χ2n) is 6.93. The van der Waals surface area contributed by atoms with Crippen LogP contribution in [0.5, 0.6) is 0 Å². The fourth-order valence-corrected chi connectivity index (χ4v) is 1.94. The summed E-state index contributed by atoms with van der Waals surface area (Å²) in [7, 11) is 0. The summed E-state index contributed by atoms with van der Waals surface area (Å²) >= 11 is 0. The third kappa shape index (κ3) is 5.21. The summed E-state index contributed by atoms with van der Waals surface area (Å²) in [4.78, 5) is 12.0. The van der Waals surface area contributed by atoms with E-state index in [0.717, 1.165) is 16.7 Å². The van der Waals surface area contributed by atoms with Crippen LogP contribution in [0, 0.1) is 11.8 Å². The number of carbonyl (C=O) groups is 1. The van der Waals surface area contributed by atoms with Crippen molar-refractivity contribution in [2.24, 2.45) is 11.8 Å². The number of nitrogens with one attached hydrogen (secondary N) is 1. The molecule has 1 aromatic rings. The van der Waals surface area contributed by atoms with Gasteiger partial charge in [0.25, 0.3) is 0 Å². The molecular formula is C19H29NO2. The fraction of sp³-hybridized carbons (Fsp3) is 0.526. The number of amides is 1. The van der Waals surface area contributed by atoms with Crippen molar-refractivity contribution in [1.29, 1.82) is 0 Å². The number of hydrogen-bond acceptors (Lipinski definition) is 2. The standard InChI is InChI=1S/C19H29NO2/c1-13(2)15(5)12-22-18(21)20-19(6,7)17-10-8-9-16(11-17)14(3)4/h8-11,13,15H,3,12H2,1-2,4-7H3,(H,20,21). The molecule has 0 saturated carbocycles. The van der Waals surface area contributed by atoms with E-state index in [-0.39, 0.29) is 6.09 Å². The zero-order valence-corrected chi connectivity index (χ0v) is 14.7. The van der Waals surface area contributed by atoms with E-state index in [4.69, 9.17) is 4.74 Å². The van der Waals surface area contributed by atoms with Gasteiger partial charge in [-0.2, -0.15) is 0 Å². The van der Waals surface area contributed by atoms with Gasteiger partial charge < -0.3 is 10.1 Å². The maximum absolute atomic E-state index is 12.0. The van der Waals surface area contributed by atoms with Crippen LogP contribution in [-0.4, -0.2) is 12.7 Å². The quantitative estimate of drug-likeness (QED) is 0.805. The van der Waals surface area contributed by atoms with Gasteiger partial charge in [0.05, 0.1) is 12.1 Å². The minimum Gasteiger partial charge on any atom is -0.449 e. The molecule has 122 valence electrons. The van der Waals surface area contributed by atoms with E-state index < -0.39 is 5.54 Å².